The van der Waals surface area contributed by atoms with Gasteiger partial charge in [0, 0.05) is 25.6 Å². The molecule has 0 saturated carbocycles. The van der Waals surface area contributed by atoms with Gasteiger partial charge >= 0.3 is 0 Å². The summed E-state index contributed by atoms with van der Waals surface area (Å²) >= 11 is 0. The maximum Gasteiger partial charge on any atom is 0.270 e. The van der Waals surface area contributed by atoms with Gasteiger partial charge in [0.25, 0.3) is 5.91 Å². The third-order valence-electron chi connectivity index (χ3n) is 3.27. The Morgan fingerprint density at radius 3 is 2.86 bits per heavy atom. The monoisotopic (exact) mass is 287 g/mol. The van der Waals surface area contributed by atoms with E-state index in [1.54, 1.807) is 7.11 Å². The van der Waals surface area contributed by atoms with E-state index < -0.39 is 0 Å². The lowest BCUT2D eigenvalue weighted by Gasteiger charge is -2.12. The number of carbonyl (C=O) groups is 1. The Bertz CT molecular complexity index is 628. The second-order valence-corrected chi connectivity index (χ2v) is 4.86. The van der Waals surface area contributed by atoms with E-state index in [0.717, 1.165) is 23.1 Å². The van der Waals surface area contributed by atoms with Crippen molar-refractivity contribution in [2.45, 2.75) is 20.0 Å². The summed E-state index contributed by atoms with van der Waals surface area (Å²) in [5, 5.41) is 8.04. The summed E-state index contributed by atoms with van der Waals surface area (Å²) in [6.07, 6.45) is -0.0253. The molecule has 5 nitrogen and oxygen atoms in total. The topological polar surface area (TPSA) is 63.2 Å². The lowest BCUT2D eigenvalue weighted by atomic mass is 10.1. The van der Waals surface area contributed by atoms with Gasteiger partial charge in [0.1, 0.15) is 11.5 Å². The zero-order chi connectivity index (χ0) is 15.2. The highest BCUT2D eigenvalue weighted by molar-refractivity contribution is 6.00. The molecule has 1 amide bonds. The van der Waals surface area contributed by atoms with Gasteiger partial charge in [-0.1, -0.05) is 24.3 Å². The van der Waals surface area contributed by atoms with E-state index in [4.69, 9.17) is 4.74 Å². The summed E-state index contributed by atoms with van der Waals surface area (Å²) in [5.74, 6) is 0.546. The molecule has 0 aliphatic heterocycles. The van der Waals surface area contributed by atoms with Crippen LogP contribution in [0, 0.1) is 0 Å². The van der Waals surface area contributed by atoms with Gasteiger partial charge in [-0.25, -0.2) is 4.98 Å². The highest BCUT2D eigenvalue weighted by Gasteiger charge is 2.12. The standard InChI is InChI=1S/C16H21N3O2/c1-4-17-15-13-8-6-5-7-12(13)9-14(19-15)16(20)18-10-11(2)21-3/h5-9,11H,4,10H2,1-3H3,(H,17,19)(H,18,20). The largest absolute Gasteiger partial charge is 0.380 e. The van der Waals surface area contributed by atoms with Gasteiger partial charge in [-0.2, -0.15) is 0 Å². The second-order valence-electron chi connectivity index (χ2n) is 4.86. The molecule has 0 saturated heterocycles. The van der Waals surface area contributed by atoms with Gasteiger partial charge in [0.05, 0.1) is 6.10 Å². The van der Waals surface area contributed by atoms with Crippen molar-refractivity contribution in [3.63, 3.8) is 0 Å². The molecule has 1 atom stereocenters. The van der Waals surface area contributed by atoms with Crippen molar-refractivity contribution < 1.29 is 9.53 Å². The molecule has 1 aromatic carbocycles. The molecule has 1 heterocycles. The van der Waals surface area contributed by atoms with Crippen molar-refractivity contribution in [3.05, 3.63) is 36.0 Å². The van der Waals surface area contributed by atoms with Crippen molar-refractivity contribution in [1.29, 1.82) is 0 Å². The van der Waals surface area contributed by atoms with Gasteiger partial charge in [0.2, 0.25) is 0 Å². The SMILES string of the molecule is CCNc1nc(C(=O)NCC(C)OC)cc2ccccc12. The van der Waals surface area contributed by atoms with Crippen molar-refractivity contribution in [1.82, 2.24) is 10.3 Å². The molecule has 2 N–H and O–H groups in total. The number of fused-ring (bicyclic) bond motifs is 1. The minimum Gasteiger partial charge on any atom is -0.380 e. The number of pyridine rings is 1. The van der Waals surface area contributed by atoms with Crippen LogP contribution in [-0.2, 0) is 4.74 Å². The minimum atomic E-state index is -0.191. The van der Waals surface area contributed by atoms with Gasteiger partial charge < -0.3 is 15.4 Å². The normalized spacial score (nSPS) is 12.1. The second kappa shape index (κ2) is 7.04. The number of hydrogen-bond donors (Lipinski definition) is 2. The van der Waals surface area contributed by atoms with Gasteiger partial charge in [-0.15, -0.1) is 0 Å². The first kappa shape index (κ1) is 15.3. The molecule has 2 aromatic rings. The molecule has 0 aliphatic carbocycles. The summed E-state index contributed by atoms with van der Waals surface area (Å²) in [7, 11) is 1.62. The fourth-order valence-electron chi connectivity index (χ4n) is 2.03. The molecule has 0 spiro atoms. The molecule has 112 valence electrons. The number of aromatic nitrogens is 1. The molecule has 5 heteroatoms. The van der Waals surface area contributed by atoms with Crippen molar-refractivity contribution in [3.8, 4) is 0 Å². The number of anilines is 1. The van der Waals surface area contributed by atoms with E-state index in [-0.39, 0.29) is 12.0 Å². The predicted molar refractivity (Wildman–Crippen MR) is 84.7 cm³/mol. The number of hydrogen-bond acceptors (Lipinski definition) is 4. The summed E-state index contributed by atoms with van der Waals surface area (Å²) in [6, 6.07) is 9.70. The van der Waals surface area contributed by atoms with E-state index >= 15 is 0 Å². The molecule has 0 bridgehead atoms. The predicted octanol–water partition coefficient (Wildman–Crippen LogP) is 2.43. The van der Waals surface area contributed by atoms with Crippen LogP contribution in [0.5, 0.6) is 0 Å². The van der Waals surface area contributed by atoms with E-state index in [1.807, 2.05) is 44.2 Å². The first-order valence-corrected chi connectivity index (χ1v) is 7.10. The zero-order valence-corrected chi connectivity index (χ0v) is 12.6. The number of methoxy groups -OCH3 is 1. The van der Waals surface area contributed by atoms with Crippen LogP contribution in [0.2, 0.25) is 0 Å². The maximum atomic E-state index is 12.2. The molecule has 1 unspecified atom stereocenters. The molecule has 0 aliphatic rings. The third-order valence-corrected chi connectivity index (χ3v) is 3.27. The molecular formula is C16H21N3O2. The zero-order valence-electron chi connectivity index (χ0n) is 12.6. The molecular weight excluding hydrogens is 266 g/mol. The summed E-state index contributed by atoms with van der Waals surface area (Å²) in [5.41, 5.74) is 0.410. The highest BCUT2D eigenvalue weighted by atomic mass is 16.5. The Hall–Kier alpha value is -2.14. The first-order chi connectivity index (χ1) is 10.2. The number of carbonyl (C=O) groups excluding carboxylic acids is 1. The number of rotatable bonds is 6. The quantitative estimate of drug-likeness (QED) is 0.856. The van der Waals surface area contributed by atoms with Gasteiger partial charge in [0.15, 0.2) is 0 Å². The maximum absolute atomic E-state index is 12.2. The van der Waals surface area contributed by atoms with E-state index in [0.29, 0.717) is 12.2 Å². The lowest BCUT2D eigenvalue weighted by molar-refractivity contribution is 0.0866. The molecule has 0 fully saturated rings. The van der Waals surface area contributed by atoms with Crippen LogP contribution < -0.4 is 10.6 Å². The van der Waals surface area contributed by atoms with Crippen LogP contribution in [0.25, 0.3) is 10.8 Å². The number of nitrogens with one attached hydrogen (secondary N) is 2. The number of benzene rings is 1. The van der Waals surface area contributed by atoms with E-state index in [9.17, 15) is 4.79 Å². The minimum absolute atomic E-state index is 0.0253. The van der Waals surface area contributed by atoms with Crippen LogP contribution in [-0.4, -0.2) is 37.2 Å². The van der Waals surface area contributed by atoms with Crippen LogP contribution in [0.4, 0.5) is 5.82 Å². The highest BCUT2D eigenvalue weighted by Crippen LogP contribution is 2.22. The van der Waals surface area contributed by atoms with Gasteiger partial charge in [-0.3, -0.25) is 4.79 Å². The van der Waals surface area contributed by atoms with Crippen LogP contribution in [0.15, 0.2) is 30.3 Å². The Morgan fingerprint density at radius 2 is 2.14 bits per heavy atom. The van der Waals surface area contributed by atoms with Gasteiger partial charge in [-0.05, 0) is 25.3 Å². The third kappa shape index (κ3) is 3.70. The molecule has 21 heavy (non-hydrogen) atoms. The average Bonchev–Trinajstić information content (AvgIpc) is 2.52. The molecule has 1 aromatic heterocycles. The van der Waals surface area contributed by atoms with E-state index in [1.165, 1.54) is 0 Å². The number of amides is 1. The molecule has 0 radical (unpaired) electrons. The van der Waals surface area contributed by atoms with Crippen molar-refractivity contribution in [2.75, 3.05) is 25.5 Å². The lowest BCUT2D eigenvalue weighted by Crippen LogP contribution is -2.32. The summed E-state index contributed by atoms with van der Waals surface area (Å²) in [6.45, 7) is 5.12. The van der Waals surface area contributed by atoms with Crippen LogP contribution in [0.3, 0.4) is 0 Å². The Labute approximate surface area is 124 Å². The van der Waals surface area contributed by atoms with Crippen molar-refractivity contribution in [2.24, 2.45) is 0 Å². The van der Waals surface area contributed by atoms with Crippen LogP contribution in [0.1, 0.15) is 24.3 Å². The van der Waals surface area contributed by atoms with Crippen LogP contribution >= 0.6 is 0 Å². The average molecular weight is 287 g/mol. The number of ether oxygens (including phenoxy) is 1. The van der Waals surface area contributed by atoms with E-state index in [2.05, 4.69) is 15.6 Å². The first-order valence-electron chi connectivity index (χ1n) is 7.10. The summed E-state index contributed by atoms with van der Waals surface area (Å²) < 4.78 is 5.12. The molecule has 2 rings (SSSR count). The Kier molecular flexibility index (Phi) is 5.11. The number of nitrogens with zero attached hydrogens (tertiary/aromatic N) is 1. The van der Waals surface area contributed by atoms with Crippen molar-refractivity contribution >= 4 is 22.5 Å². The Balaban J connectivity index is 2.29. The summed E-state index contributed by atoms with van der Waals surface area (Å²) in [4.78, 5) is 16.6. The fourth-order valence-corrected chi connectivity index (χ4v) is 2.03. The Morgan fingerprint density at radius 1 is 1.38 bits per heavy atom. The fraction of sp³-hybridized carbons (Fsp3) is 0.375. The smallest absolute Gasteiger partial charge is 0.270 e.